The van der Waals surface area contributed by atoms with Crippen molar-refractivity contribution in [2.45, 2.75) is 63.2 Å². The second kappa shape index (κ2) is 12.4. The van der Waals surface area contributed by atoms with Crippen molar-refractivity contribution >= 4 is 34.4 Å². The van der Waals surface area contributed by atoms with Gasteiger partial charge in [0, 0.05) is 16.7 Å². The summed E-state index contributed by atoms with van der Waals surface area (Å²) >= 11 is 1.88. The molecule has 2 nitrogen and oxygen atoms in total. The van der Waals surface area contributed by atoms with Crippen LogP contribution in [0.15, 0.2) is 70.6 Å². The maximum Gasteiger partial charge on any atom is 0.124 e. The number of fused-ring (bicyclic) bond motifs is 1. The molecular formula is C27H33NOS. The predicted molar refractivity (Wildman–Crippen MR) is 133 cm³/mol. The Morgan fingerprint density at radius 3 is 2.20 bits per heavy atom. The van der Waals surface area contributed by atoms with Gasteiger partial charge in [-0.1, -0.05) is 88.3 Å². The van der Waals surface area contributed by atoms with Gasteiger partial charge < -0.3 is 5.11 Å². The largest absolute Gasteiger partial charge is 0.507 e. The second-order valence-corrected chi connectivity index (χ2v) is 8.94. The van der Waals surface area contributed by atoms with E-state index in [1.165, 1.54) is 56.3 Å². The molecule has 0 aliphatic heterocycles. The van der Waals surface area contributed by atoms with Gasteiger partial charge in [-0.2, -0.15) is 0 Å². The maximum atomic E-state index is 10.4. The summed E-state index contributed by atoms with van der Waals surface area (Å²) in [5, 5.41) is 12.5. The second-order valence-electron chi connectivity index (χ2n) is 7.81. The standard InChI is InChI=1S/C27H33NOS/c1-2-3-4-5-6-7-8-13-18-30-27-17-12-11-16-25(27)28-21-24-19-22-14-9-10-15-23(22)20-26(24)29/h9-12,14-17,19-21,29H,2-8,13,18H2,1H3. The van der Waals surface area contributed by atoms with E-state index in [2.05, 4.69) is 25.1 Å². The van der Waals surface area contributed by atoms with Gasteiger partial charge in [0.1, 0.15) is 5.75 Å². The number of thioether (sulfide) groups is 1. The van der Waals surface area contributed by atoms with Crippen molar-refractivity contribution in [3.05, 3.63) is 66.2 Å². The molecule has 0 fully saturated rings. The fraction of sp³-hybridized carbons (Fsp3) is 0.370. The zero-order valence-electron chi connectivity index (χ0n) is 18.0. The molecule has 0 bridgehead atoms. The Balaban J connectivity index is 1.53. The van der Waals surface area contributed by atoms with Crippen LogP contribution >= 0.6 is 11.8 Å². The molecule has 0 spiro atoms. The van der Waals surface area contributed by atoms with Crippen LogP contribution in [0.3, 0.4) is 0 Å². The molecule has 0 saturated heterocycles. The van der Waals surface area contributed by atoms with Crippen LogP contribution in [0.1, 0.15) is 63.9 Å². The highest BCUT2D eigenvalue weighted by Gasteiger charge is 2.04. The van der Waals surface area contributed by atoms with Crippen molar-refractivity contribution in [2.24, 2.45) is 4.99 Å². The summed E-state index contributed by atoms with van der Waals surface area (Å²) < 4.78 is 0. The van der Waals surface area contributed by atoms with Crippen molar-refractivity contribution in [3.8, 4) is 5.75 Å². The van der Waals surface area contributed by atoms with Gasteiger partial charge in [-0.25, -0.2) is 0 Å². The normalized spacial score (nSPS) is 11.5. The van der Waals surface area contributed by atoms with Gasteiger partial charge in [0.15, 0.2) is 0 Å². The Hall–Kier alpha value is -2.26. The monoisotopic (exact) mass is 419 g/mol. The van der Waals surface area contributed by atoms with E-state index in [0.717, 1.165) is 27.8 Å². The third kappa shape index (κ3) is 6.91. The van der Waals surface area contributed by atoms with Gasteiger partial charge >= 0.3 is 0 Å². The maximum absolute atomic E-state index is 10.4. The lowest BCUT2D eigenvalue weighted by atomic mass is 10.1. The molecule has 0 atom stereocenters. The molecule has 1 N–H and O–H groups in total. The van der Waals surface area contributed by atoms with Gasteiger partial charge in [-0.05, 0) is 47.2 Å². The van der Waals surface area contributed by atoms with E-state index in [1.807, 2.05) is 48.2 Å². The lowest BCUT2D eigenvalue weighted by Gasteiger charge is -2.06. The van der Waals surface area contributed by atoms with Crippen LogP contribution in [0.5, 0.6) is 5.75 Å². The van der Waals surface area contributed by atoms with E-state index in [1.54, 1.807) is 12.3 Å². The third-order valence-corrected chi connectivity index (χ3v) is 6.51. The number of hydrogen-bond acceptors (Lipinski definition) is 3. The van der Waals surface area contributed by atoms with Crippen LogP contribution in [0, 0.1) is 0 Å². The molecular weight excluding hydrogens is 386 g/mol. The Morgan fingerprint density at radius 2 is 1.43 bits per heavy atom. The first-order valence-corrected chi connectivity index (χ1v) is 12.2. The van der Waals surface area contributed by atoms with Crippen molar-refractivity contribution in [1.29, 1.82) is 0 Å². The average molecular weight is 420 g/mol. The summed E-state index contributed by atoms with van der Waals surface area (Å²) in [6.07, 6.45) is 12.5. The highest BCUT2D eigenvalue weighted by molar-refractivity contribution is 7.99. The van der Waals surface area contributed by atoms with Crippen molar-refractivity contribution in [1.82, 2.24) is 0 Å². The minimum absolute atomic E-state index is 0.265. The van der Waals surface area contributed by atoms with Crippen LogP contribution in [0.25, 0.3) is 10.8 Å². The van der Waals surface area contributed by atoms with Crippen LogP contribution in [-0.2, 0) is 0 Å². The molecule has 0 saturated carbocycles. The van der Waals surface area contributed by atoms with E-state index in [0.29, 0.717) is 0 Å². The van der Waals surface area contributed by atoms with E-state index in [-0.39, 0.29) is 5.75 Å². The smallest absolute Gasteiger partial charge is 0.124 e. The lowest BCUT2D eigenvalue weighted by Crippen LogP contribution is -1.86. The molecule has 0 aliphatic rings. The molecule has 0 heterocycles. The fourth-order valence-electron chi connectivity index (χ4n) is 3.59. The zero-order chi connectivity index (χ0) is 21.0. The SMILES string of the molecule is CCCCCCCCCCSc1ccccc1N=Cc1cc2ccccc2cc1O. The van der Waals surface area contributed by atoms with Crippen molar-refractivity contribution in [2.75, 3.05) is 5.75 Å². The van der Waals surface area contributed by atoms with Crippen molar-refractivity contribution < 1.29 is 5.11 Å². The summed E-state index contributed by atoms with van der Waals surface area (Å²) in [6.45, 7) is 2.27. The number of aliphatic imine (C=N–C) groups is 1. The van der Waals surface area contributed by atoms with E-state index >= 15 is 0 Å². The van der Waals surface area contributed by atoms with Crippen LogP contribution in [0.2, 0.25) is 0 Å². The topological polar surface area (TPSA) is 32.6 Å². The lowest BCUT2D eigenvalue weighted by molar-refractivity contribution is 0.475. The molecule has 3 aromatic carbocycles. The minimum atomic E-state index is 0.265. The molecule has 0 unspecified atom stereocenters. The zero-order valence-corrected chi connectivity index (χ0v) is 18.8. The van der Waals surface area contributed by atoms with Gasteiger partial charge in [-0.15, -0.1) is 11.8 Å². The predicted octanol–water partition coefficient (Wildman–Crippen LogP) is 8.53. The highest BCUT2D eigenvalue weighted by atomic mass is 32.2. The molecule has 0 aliphatic carbocycles. The molecule has 0 amide bonds. The molecule has 158 valence electrons. The summed E-state index contributed by atoms with van der Waals surface area (Å²) in [5.74, 6) is 1.39. The first-order valence-electron chi connectivity index (χ1n) is 11.3. The first-order chi connectivity index (χ1) is 14.8. The molecule has 0 radical (unpaired) electrons. The van der Waals surface area contributed by atoms with Gasteiger partial charge in [0.05, 0.1) is 5.69 Å². The number of benzene rings is 3. The van der Waals surface area contributed by atoms with Crippen molar-refractivity contribution in [3.63, 3.8) is 0 Å². The number of rotatable bonds is 12. The van der Waals surface area contributed by atoms with Crippen LogP contribution in [0.4, 0.5) is 5.69 Å². The van der Waals surface area contributed by atoms with E-state index < -0.39 is 0 Å². The molecule has 3 aromatic rings. The first kappa shape index (κ1) is 22.4. The number of para-hydroxylation sites is 1. The van der Waals surface area contributed by atoms with Crippen LogP contribution < -0.4 is 0 Å². The number of phenols is 1. The Morgan fingerprint density at radius 1 is 0.800 bits per heavy atom. The number of phenolic OH excluding ortho intramolecular Hbond substituents is 1. The number of unbranched alkanes of at least 4 members (excludes halogenated alkanes) is 7. The quantitative estimate of drug-likeness (QED) is 0.181. The summed E-state index contributed by atoms with van der Waals surface area (Å²) in [6, 6.07) is 20.1. The minimum Gasteiger partial charge on any atom is -0.507 e. The number of aromatic hydroxyl groups is 1. The summed E-state index contributed by atoms with van der Waals surface area (Å²) in [7, 11) is 0. The van der Waals surface area contributed by atoms with Crippen LogP contribution in [-0.4, -0.2) is 17.1 Å². The fourth-order valence-corrected chi connectivity index (χ4v) is 4.60. The Bertz CT molecular complexity index is 951. The van der Waals surface area contributed by atoms with Gasteiger partial charge in [-0.3, -0.25) is 4.99 Å². The number of hydrogen-bond donors (Lipinski definition) is 1. The Labute approximate surface area is 185 Å². The summed E-state index contributed by atoms with van der Waals surface area (Å²) in [4.78, 5) is 5.90. The molecule has 3 rings (SSSR count). The highest BCUT2D eigenvalue weighted by Crippen LogP contribution is 2.31. The van der Waals surface area contributed by atoms with Gasteiger partial charge in [0.25, 0.3) is 0 Å². The van der Waals surface area contributed by atoms with E-state index in [9.17, 15) is 5.11 Å². The number of nitrogens with zero attached hydrogens (tertiary/aromatic N) is 1. The Kier molecular flexibility index (Phi) is 9.30. The molecule has 0 aromatic heterocycles. The van der Waals surface area contributed by atoms with Gasteiger partial charge in [0.2, 0.25) is 0 Å². The third-order valence-electron chi connectivity index (χ3n) is 5.36. The molecule has 3 heteroatoms. The van der Waals surface area contributed by atoms with E-state index in [4.69, 9.17) is 4.99 Å². The molecule has 30 heavy (non-hydrogen) atoms. The average Bonchev–Trinajstić information content (AvgIpc) is 2.77. The summed E-state index contributed by atoms with van der Waals surface area (Å²) in [5.41, 5.74) is 1.71.